The van der Waals surface area contributed by atoms with Gasteiger partial charge in [0.15, 0.2) is 0 Å². The Bertz CT molecular complexity index is 1390. The molecule has 0 saturated carbocycles. The van der Waals surface area contributed by atoms with Crippen molar-refractivity contribution in [2.45, 2.75) is 39.0 Å². The number of rotatable bonds is 7. The minimum atomic E-state index is -1.13. The van der Waals surface area contributed by atoms with Gasteiger partial charge in [-0.2, -0.15) is 5.10 Å². The maximum absolute atomic E-state index is 13.8. The quantitative estimate of drug-likeness (QED) is 0.401. The number of hydrogen-bond acceptors (Lipinski definition) is 5. The van der Waals surface area contributed by atoms with Crippen molar-refractivity contribution < 1.29 is 14.3 Å². The number of thiophene rings is 1. The second-order valence-corrected chi connectivity index (χ2v) is 10.2. The number of carbonyl (C=O) groups excluding carboxylic acids is 2. The number of carbonyl (C=O) groups is 2. The van der Waals surface area contributed by atoms with Crippen molar-refractivity contribution in [3.05, 3.63) is 94.5 Å². The van der Waals surface area contributed by atoms with E-state index in [1.807, 2.05) is 86.0 Å². The summed E-state index contributed by atoms with van der Waals surface area (Å²) in [6, 6.07) is 21.3. The third-order valence-corrected chi connectivity index (χ3v) is 7.49. The molecule has 1 aliphatic heterocycles. The molecular weight excluding hydrogens is 472 g/mol. The van der Waals surface area contributed by atoms with Gasteiger partial charge in [-0.25, -0.2) is 0 Å². The summed E-state index contributed by atoms with van der Waals surface area (Å²) in [5.74, 6) is 0.298. The topological polar surface area (TPSA) is 76.5 Å². The number of amides is 2. The van der Waals surface area contributed by atoms with Crippen molar-refractivity contribution in [1.29, 1.82) is 0 Å². The van der Waals surface area contributed by atoms with Gasteiger partial charge in [-0.1, -0.05) is 48.0 Å². The molecule has 0 unspecified atom stereocenters. The Morgan fingerprint density at radius 2 is 1.92 bits per heavy atom. The molecule has 1 aliphatic rings. The molecule has 5 rings (SSSR count). The molecule has 1 N–H and O–H groups in total. The number of benzene rings is 2. The van der Waals surface area contributed by atoms with Crippen LogP contribution >= 0.6 is 11.3 Å². The fraction of sp³-hybridized carbons (Fsp3) is 0.250. The van der Waals surface area contributed by atoms with E-state index in [2.05, 4.69) is 5.32 Å². The SMILES string of the molecule is COc1ccc(CN2C(=O)c3cc(-c4cccs4)nn3C[C@]2(C)C(=O)NCc2cccc(C)c2)cc1. The van der Waals surface area contributed by atoms with Crippen molar-refractivity contribution in [2.75, 3.05) is 7.11 Å². The van der Waals surface area contributed by atoms with E-state index in [0.29, 0.717) is 12.2 Å². The van der Waals surface area contributed by atoms with Gasteiger partial charge in [0.05, 0.1) is 18.5 Å². The third-order valence-electron chi connectivity index (χ3n) is 6.60. The first-order chi connectivity index (χ1) is 17.4. The fourth-order valence-corrected chi connectivity index (χ4v) is 5.22. The van der Waals surface area contributed by atoms with E-state index in [0.717, 1.165) is 33.0 Å². The van der Waals surface area contributed by atoms with E-state index in [4.69, 9.17) is 9.84 Å². The molecule has 0 aliphatic carbocycles. The molecule has 184 valence electrons. The Balaban J connectivity index is 1.48. The van der Waals surface area contributed by atoms with Gasteiger partial charge in [0.25, 0.3) is 5.91 Å². The summed E-state index contributed by atoms with van der Waals surface area (Å²) in [6.07, 6.45) is 0. The minimum Gasteiger partial charge on any atom is -0.497 e. The second-order valence-electron chi connectivity index (χ2n) is 9.23. The molecule has 0 radical (unpaired) electrons. The van der Waals surface area contributed by atoms with Gasteiger partial charge >= 0.3 is 0 Å². The number of ether oxygens (including phenoxy) is 1. The lowest BCUT2D eigenvalue weighted by Gasteiger charge is -2.43. The highest BCUT2D eigenvalue weighted by Crippen LogP contribution is 2.33. The van der Waals surface area contributed by atoms with E-state index >= 15 is 0 Å². The van der Waals surface area contributed by atoms with Crippen molar-refractivity contribution in [3.63, 3.8) is 0 Å². The molecule has 0 fully saturated rings. The van der Waals surface area contributed by atoms with Crippen LogP contribution in [0.25, 0.3) is 10.6 Å². The third kappa shape index (κ3) is 4.52. The van der Waals surface area contributed by atoms with Gasteiger partial charge in [-0.3, -0.25) is 14.3 Å². The summed E-state index contributed by atoms with van der Waals surface area (Å²) in [5.41, 5.74) is 3.14. The Morgan fingerprint density at radius 1 is 1.11 bits per heavy atom. The predicted molar refractivity (Wildman–Crippen MR) is 140 cm³/mol. The second kappa shape index (κ2) is 9.62. The van der Waals surface area contributed by atoms with E-state index in [-0.39, 0.29) is 24.9 Å². The zero-order valence-corrected chi connectivity index (χ0v) is 21.3. The molecule has 1 atom stereocenters. The van der Waals surface area contributed by atoms with Gasteiger partial charge in [0.2, 0.25) is 5.91 Å². The molecule has 36 heavy (non-hydrogen) atoms. The average molecular weight is 501 g/mol. The van der Waals surface area contributed by atoms with Gasteiger partial charge in [-0.15, -0.1) is 11.3 Å². The fourth-order valence-electron chi connectivity index (χ4n) is 4.54. The maximum Gasteiger partial charge on any atom is 0.273 e. The van der Waals surface area contributed by atoms with E-state index < -0.39 is 5.54 Å². The molecule has 0 bridgehead atoms. The van der Waals surface area contributed by atoms with Crippen LogP contribution in [0.2, 0.25) is 0 Å². The molecule has 2 amide bonds. The van der Waals surface area contributed by atoms with Crippen LogP contribution in [0.5, 0.6) is 5.75 Å². The van der Waals surface area contributed by atoms with E-state index in [9.17, 15) is 9.59 Å². The normalized spacial score (nSPS) is 17.1. The predicted octanol–water partition coefficient (Wildman–Crippen LogP) is 4.66. The van der Waals surface area contributed by atoms with Crippen LogP contribution < -0.4 is 10.1 Å². The molecular formula is C28H28N4O3S. The zero-order chi connectivity index (χ0) is 25.3. The van der Waals surface area contributed by atoms with Crippen molar-refractivity contribution in [2.24, 2.45) is 0 Å². The lowest BCUT2D eigenvalue weighted by molar-refractivity contribution is -0.133. The largest absolute Gasteiger partial charge is 0.497 e. The molecule has 3 heterocycles. The summed E-state index contributed by atoms with van der Waals surface area (Å²) in [6.45, 7) is 4.77. The summed E-state index contributed by atoms with van der Waals surface area (Å²) in [4.78, 5) is 30.2. The van der Waals surface area contributed by atoms with Crippen LogP contribution in [-0.4, -0.2) is 39.1 Å². The van der Waals surface area contributed by atoms with Crippen LogP contribution in [0.3, 0.4) is 0 Å². The van der Waals surface area contributed by atoms with Gasteiger partial charge in [0.1, 0.15) is 22.7 Å². The number of fused-ring (bicyclic) bond motifs is 1. The van der Waals surface area contributed by atoms with Crippen LogP contribution in [0.1, 0.15) is 34.1 Å². The Morgan fingerprint density at radius 3 is 2.61 bits per heavy atom. The van der Waals surface area contributed by atoms with Crippen LogP contribution in [0.15, 0.2) is 72.1 Å². The molecule has 2 aromatic heterocycles. The highest BCUT2D eigenvalue weighted by molar-refractivity contribution is 7.13. The smallest absolute Gasteiger partial charge is 0.273 e. The molecule has 0 spiro atoms. The summed E-state index contributed by atoms with van der Waals surface area (Å²) >= 11 is 1.57. The monoisotopic (exact) mass is 500 g/mol. The first-order valence-corrected chi connectivity index (χ1v) is 12.7. The summed E-state index contributed by atoms with van der Waals surface area (Å²) in [5, 5.41) is 9.74. The minimum absolute atomic E-state index is 0.218. The number of nitrogens with zero attached hydrogens (tertiary/aromatic N) is 3. The first-order valence-electron chi connectivity index (χ1n) is 11.8. The average Bonchev–Trinajstić information content (AvgIpc) is 3.56. The maximum atomic E-state index is 13.8. The molecule has 4 aromatic rings. The van der Waals surface area contributed by atoms with E-state index in [1.165, 1.54) is 0 Å². The number of methoxy groups -OCH3 is 1. The van der Waals surface area contributed by atoms with Crippen LogP contribution in [0, 0.1) is 6.92 Å². The number of aryl methyl sites for hydroxylation is 1. The summed E-state index contributed by atoms with van der Waals surface area (Å²) < 4.78 is 6.95. The number of hydrogen-bond donors (Lipinski definition) is 1. The van der Waals surface area contributed by atoms with E-state index in [1.54, 1.807) is 28.0 Å². The van der Waals surface area contributed by atoms with Gasteiger partial charge in [-0.05, 0) is 54.6 Å². The van der Waals surface area contributed by atoms with Crippen LogP contribution in [-0.2, 0) is 24.4 Å². The Labute approximate surface area is 214 Å². The van der Waals surface area contributed by atoms with Gasteiger partial charge < -0.3 is 15.0 Å². The summed E-state index contributed by atoms with van der Waals surface area (Å²) in [7, 11) is 1.62. The lowest BCUT2D eigenvalue weighted by Crippen LogP contribution is -2.63. The van der Waals surface area contributed by atoms with Crippen LogP contribution in [0.4, 0.5) is 0 Å². The lowest BCUT2D eigenvalue weighted by atomic mass is 9.94. The Hall–Kier alpha value is -3.91. The molecule has 7 nitrogen and oxygen atoms in total. The first kappa shape index (κ1) is 23.8. The number of aromatic nitrogens is 2. The number of nitrogens with one attached hydrogen (secondary N) is 1. The molecule has 8 heteroatoms. The molecule has 0 saturated heterocycles. The van der Waals surface area contributed by atoms with Crippen molar-refractivity contribution in [3.8, 4) is 16.3 Å². The molecule has 2 aromatic carbocycles. The zero-order valence-electron chi connectivity index (χ0n) is 20.5. The Kier molecular flexibility index (Phi) is 6.36. The van der Waals surface area contributed by atoms with Gasteiger partial charge in [0, 0.05) is 13.1 Å². The van der Waals surface area contributed by atoms with Crippen molar-refractivity contribution >= 4 is 23.2 Å². The van der Waals surface area contributed by atoms with Crippen molar-refractivity contribution in [1.82, 2.24) is 20.0 Å². The standard InChI is InChI=1S/C28H28N4O3S/c1-19-6-4-7-21(14-19)16-29-27(34)28(2)18-32-24(15-23(30-32)25-8-5-13-36-25)26(33)31(28)17-20-9-11-22(35-3)12-10-20/h4-15H,16-18H2,1-3H3,(H,29,34)/t28-/m1/s1. The highest BCUT2D eigenvalue weighted by Gasteiger charge is 2.48. The highest BCUT2D eigenvalue weighted by atomic mass is 32.1.